The highest BCUT2D eigenvalue weighted by Gasteiger charge is 2.19. The summed E-state index contributed by atoms with van der Waals surface area (Å²) in [6.45, 7) is 1.52. The first-order chi connectivity index (χ1) is 6.91. The van der Waals surface area contributed by atoms with Crippen molar-refractivity contribution in [2.45, 2.75) is 19.8 Å². The molecule has 0 atom stereocenters. The number of aromatic nitrogens is 1. The molecule has 0 unspecified atom stereocenters. The van der Waals surface area contributed by atoms with Gasteiger partial charge in [-0.05, 0) is 41.1 Å². The van der Waals surface area contributed by atoms with Crippen molar-refractivity contribution in [2.24, 2.45) is 0 Å². The summed E-state index contributed by atoms with van der Waals surface area (Å²) in [5, 5.41) is 8.57. The van der Waals surface area contributed by atoms with Crippen LogP contribution in [0.3, 0.4) is 0 Å². The molecule has 0 saturated heterocycles. The van der Waals surface area contributed by atoms with Crippen LogP contribution in [0.4, 0.5) is 8.78 Å². The highest BCUT2D eigenvalue weighted by Crippen LogP contribution is 2.26. The first-order valence-electron chi connectivity index (χ1n) is 4.07. The van der Waals surface area contributed by atoms with Gasteiger partial charge in [0, 0.05) is 5.56 Å². The predicted octanol–water partition coefficient (Wildman–Crippen LogP) is 2.56. The van der Waals surface area contributed by atoms with Gasteiger partial charge in [-0.25, -0.2) is 13.8 Å². The normalized spacial score (nSPS) is 10.7. The van der Waals surface area contributed by atoms with Gasteiger partial charge in [0.2, 0.25) is 0 Å². The second-order valence-corrected chi connectivity index (χ2v) is 4.10. The molecule has 0 amide bonds. The van der Waals surface area contributed by atoms with Gasteiger partial charge < -0.3 is 5.11 Å². The number of aryl methyl sites for hydroxylation is 1. The van der Waals surface area contributed by atoms with Crippen LogP contribution >= 0.6 is 22.6 Å². The Labute approximate surface area is 98.7 Å². The zero-order chi connectivity index (χ0) is 11.6. The number of nitrogens with zero attached hydrogens (tertiary/aromatic N) is 1. The summed E-state index contributed by atoms with van der Waals surface area (Å²) in [5.41, 5.74) is 0.0559. The molecule has 1 aromatic rings. The Morgan fingerprint density at radius 2 is 2.27 bits per heavy atom. The summed E-state index contributed by atoms with van der Waals surface area (Å²) in [6.07, 6.45) is -3.17. The molecule has 0 bridgehead atoms. The first-order valence-corrected chi connectivity index (χ1v) is 5.15. The Hall–Kier alpha value is -0.790. The number of rotatable bonds is 3. The minimum atomic E-state index is -2.69. The lowest BCUT2D eigenvalue weighted by Gasteiger charge is -2.10. The van der Waals surface area contributed by atoms with Crippen LogP contribution < -0.4 is 0 Å². The van der Waals surface area contributed by atoms with Crippen molar-refractivity contribution < 1.29 is 18.7 Å². The molecule has 6 heteroatoms. The third kappa shape index (κ3) is 3.08. The smallest absolute Gasteiger partial charge is 0.309 e. The maximum absolute atomic E-state index is 12.6. The third-order valence-electron chi connectivity index (χ3n) is 1.85. The van der Waals surface area contributed by atoms with Gasteiger partial charge in [0.15, 0.2) is 0 Å². The van der Waals surface area contributed by atoms with E-state index in [-0.39, 0.29) is 11.3 Å². The number of carbonyl (C=O) groups is 1. The van der Waals surface area contributed by atoms with Gasteiger partial charge in [0.05, 0.1) is 12.1 Å². The van der Waals surface area contributed by atoms with Gasteiger partial charge in [0.1, 0.15) is 3.70 Å². The maximum Gasteiger partial charge on any atom is 0.309 e. The van der Waals surface area contributed by atoms with E-state index in [2.05, 4.69) is 4.98 Å². The quantitative estimate of drug-likeness (QED) is 0.686. The zero-order valence-corrected chi connectivity index (χ0v) is 9.96. The molecule has 0 saturated carbocycles. The lowest BCUT2D eigenvalue weighted by Crippen LogP contribution is -2.09. The zero-order valence-electron chi connectivity index (χ0n) is 7.80. The average molecular weight is 327 g/mol. The molecule has 3 nitrogen and oxygen atoms in total. The van der Waals surface area contributed by atoms with Gasteiger partial charge in [-0.3, -0.25) is 4.79 Å². The SMILES string of the molecule is Cc1cc(I)nc(CC(=O)O)c1C(F)F. The number of hydrogen-bond donors (Lipinski definition) is 1. The topological polar surface area (TPSA) is 50.2 Å². The molecule has 0 aromatic carbocycles. The average Bonchev–Trinajstić information content (AvgIpc) is 1.99. The number of carboxylic acids is 1. The highest BCUT2D eigenvalue weighted by molar-refractivity contribution is 14.1. The predicted molar refractivity (Wildman–Crippen MR) is 58.0 cm³/mol. The van der Waals surface area contributed by atoms with Gasteiger partial charge in [-0.1, -0.05) is 0 Å². The number of aliphatic carboxylic acids is 1. The first kappa shape index (κ1) is 12.3. The Bertz CT molecular complexity index is 396. The molecule has 15 heavy (non-hydrogen) atoms. The molecule has 1 heterocycles. The largest absolute Gasteiger partial charge is 0.481 e. The summed E-state index contributed by atoms with van der Waals surface area (Å²) < 4.78 is 25.8. The van der Waals surface area contributed by atoms with Crippen molar-refractivity contribution in [1.29, 1.82) is 0 Å². The molecule has 0 spiro atoms. The van der Waals surface area contributed by atoms with E-state index in [9.17, 15) is 13.6 Å². The lowest BCUT2D eigenvalue weighted by atomic mass is 10.1. The van der Waals surface area contributed by atoms with Crippen molar-refractivity contribution in [3.05, 3.63) is 26.6 Å². The third-order valence-corrected chi connectivity index (χ3v) is 2.40. The number of halogens is 3. The summed E-state index contributed by atoms with van der Waals surface area (Å²) in [6, 6.07) is 1.51. The second kappa shape index (κ2) is 4.82. The Morgan fingerprint density at radius 3 is 2.73 bits per heavy atom. The monoisotopic (exact) mass is 327 g/mol. The van der Waals surface area contributed by atoms with Crippen LogP contribution in [0.1, 0.15) is 23.2 Å². The standard InChI is InChI=1S/C9H8F2INO2/c1-4-2-6(12)13-5(3-7(14)15)8(4)9(10)11/h2,9H,3H2,1H3,(H,14,15). The van der Waals surface area contributed by atoms with Crippen molar-refractivity contribution in [3.63, 3.8) is 0 Å². The van der Waals surface area contributed by atoms with Crippen LogP contribution in [-0.4, -0.2) is 16.1 Å². The molecule has 82 valence electrons. The van der Waals surface area contributed by atoms with Crippen molar-refractivity contribution in [1.82, 2.24) is 4.98 Å². The number of alkyl halides is 2. The molecule has 0 radical (unpaired) electrons. The van der Waals surface area contributed by atoms with E-state index in [1.807, 2.05) is 22.6 Å². The van der Waals surface area contributed by atoms with E-state index < -0.39 is 18.8 Å². The minimum absolute atomic E-state index is 0.0538. The van der Waals surface area contributed by atoms with Crippen LogP contribution in [0, 0.1) is 10.6 Å². The van der Waals surface area contributed by atoms with Crippen LogP contribution in [0.25, 0.3) is 0 Å². The second-order valence-electron chi connectivity index (χ2n) is 2.99. The van der Waals surface area contributed by atoms with Crippen LogP contribution in [0.15, 0.2) is 6.07 Å². The molecule has 1 N–H and O–H groups in total. The van der Waals surface area contributed by atoms with Crippen LogP contribution in [-0.2, 0) is 11.2 Å². The Balaban J connectivity index is 3.26. The molecule has 1 rings (SSSR count). The van der Waals surface area contributed by atoms with Crippen LogP contribution in [0.2, 0.25) is 0 Å². The molecular formula is C9H8F2INO2. The van der Waals surface area contributed by atoms with Gasteiger partial charge in [-0.2, -0.15) is 0 Å². The summed E-state index contributed by atoms with van der Waals surface area (Å²) >= 11 is 1.87. The Kier molecular flexibility index (Phi) is 3.95. The van der Waals surface area contributed by atoms with Crippen molar-refractivity contribution in [3.8, 4) is 0 Å². The fraction of sp³-hybridized carbons (Fsp3) is 0.333. The molecule has 0 aliphatic heterocycles. The van der Waals surface area contributed by atoms with Crippen molar-refractivity contribution in [2.75, 3.05) is 0 Å². The minimum Gasteiger partial charge on any atom is -0.481 e. The molecular weight excluding hydrogens is 319 g/mol. The molecule has 0 fully saturated rings. The number of carboxylic acid groups (broad SMARTS) is 1. The molecule has 0 aliphatic rings. The van der Waals surface area contributed by atoms with E-state index in [0.717, 1.165) is 0 Å². The van der Waals surface area contributed by atoms with E-state index >= 15 is 0 Å². The van der Waals surface area contributed by atoms with Gasteiger partial charge >= 0.3 is 5.97 Å². The summed E-state index contributed by atoms with van der Waals surface area (Å²) in [4.78, 5) is 14.3. The van der Waals surface area contributed by atoms with E-state index in [4.69, 9.17) is 5.11 Å². The van der Waals surface area contributed by atoms with E-state index in [1.165, 1.54) is 13.0 Å². The molecule has 0 aliphatic carbocycles. The van der Waals surface area contributed by atoms with E-state index in [0.29, 0.717) is 9.26 Å². The lowest BCUT2D eigenvalue weighted by molar-refractivity contribution is -0.136. The highest BCUT2D eigenvalue weighted by atomic mass is 127. The number of pyridine rings is 1. The van der Waals surface area contributed by atoms with E-state index in [1.54, 1.807) is 0 Å². The van der Waals surface area contributed by atoms with Crippen LogP contribution in [0.5, 0.6) is 0 Å². The summed E-state index contributed by atoms with van der Waals surface area (Å²) in [5.74, 6) is -1.16. The van der Waals surface area contributed by atoms with Gasteiger partial charge in [0.25, 0.3) is 6.43 Å². The number of hydrogen-bond acceptors (Lipinski definition) is 2. The maximum atomic E-state index is 12.6. The fourth-order valence-corrected chi connectivity index (χ4v) is 2.04. The van der Waals surface area contributed by atoms with Gasteiger partial charge in [-0.15, -0.1) is 0 Å². The fourth-order valence-electron chi connectivity index (χ4n) is 1.28. The van der Waals surface area contributed by atoms with Crippen molar-refractivity contribution >= 4 is 28.6 Å². The molecule has 1 aromatic heterocycles. The Morgan fingerprint density at radius 1 is 1.67 bits per heavy atom. The summed E-state index contributed by atoms with van der Waals surface area (Å²) in [7, 11) is 0.